The Morgan fingerprint density at radius 3 is 2.36 bits per heavy atom. The van der Waals surface area contributed by atoms with E-state index in [9.17, 15) is 0 Å². The monoisotopic (exact) mass is 373 g/mol. The summed E-state index contributed by atoms with van der Waals surface area (Å²) in [5.41, 5.74) is 4.91. The van der Waals surface area contributed by atoms with E-state index in [1.54, 1.807) is 0 Å². The first-order valence-electron chi connectivity index (χ1n) is 10.1. The molecule has 28 heavy (non-hydrogen) atoms. The van der Waals surface area contributed by atoms with Gasteiger partial charge in [-0.1, -0.05) is 54.6 Å². The van der Waals surface area contributed by atoms with Crippen molar-refractivity contribution in [3.8, 4) is 5.88 Å². The molecule has 1 aliphatic heterocycles. The maximum absolute atomic E-state index is 5.70. The van der Waals surface area contributed by atoms with E-state index in [1.165, 1.54) is 30.5 Å². The molecule has 3 aromatic rings. The van der Waals surface area contributed by atoms with Crippen molar-refractivity contribution in [3.63, 3.8) is 0 Å². The van der Waals surface area contributed by atoms with Crippen LogP contribution in [0.4, 0.5) is 0 Å². The van der Waals surface area contributed by atoms with Gasteiger partial charge in [0.2, 0.25) is 5.88 Å². The van der Waals surface area contributed by atoms with Crippen molar-refractivity contribution in [2.24, 2.45) is 5.92 Å². The average molecular weight is 374 g/mol. The number of benzene rings is 2. The Labute approximate surface area is 167 Å². The van der Waals surface area contributed by atoms with Crippen molar-refractivity contribution in [2.45, 2.75) is 32.3 Å². The quantitative estimate of drug-likeness (QED) is 0.648. The van der Waals surface area contributed by atoms with Gasteiger partial charge in [-0.3, -0.25) is 0 Å². The molecule has 0 aliphatic carbocycles. The molecule has 0 radical (unpaired) electrons. The molecule has 1 atom stereocenters. The van der Waals surface area contributed by atoms with Gasteiger partial charge in [0.1, 0.15) is 6.61 Å². The number of hydrogen-bond acceptors (Lipinski definition) is 4. The molecule has 4 rings (SSSR count). The van der Waals surface area contributed by atoms with Crippen LogP contribution in [0.2, 0.25) is 0 Å². The van der Waals surface area contributed by atoms with Crippen LogP contribution in [-0.4, -0.2) is 23.3 Å². The second-order valence-electron chi connectivity index (χ2n) is 7.52. The highest BCUT2D eigenvalue weighted by atomic mass is 16.5. The molecule has 0 saturated carbocycles. The summed E-state index contributed by atoms with van der Waals surface area (Å²) in [4.78, 5) is 0. The number of ether oxygens (including phenoxy) is 1. The lowest BCUT2D eigenvalue weighted by atomic mass is 9.97. The summed E-state index contributed by atoms with van der Waals surface area (Å²) in [6, 6.07) is 23.1. The molecule has 2 aromatic carbocycles. The van der Waals surface area contributed by atoms with Gasteiger partial charge >= 0.3 is 0 Å². The zero-order valence-corrected chi connectivity index (χ0v) is 16.2. The molecule has 0 bridgehead atoms. The first-order valence-corrected chi connectivity index (χ1v) is 10.1. The summed E-state index contributed by atoms with van der Waals surface area (Å²) in [5.74, 6) is 1.36. The molecule has 1 unspecified atom stereocenters. The van der Waals surface area contributed by atoms with Gasteiger partial charge in [-0.25, -0.2) is 0 Å². The summed E-state index contributed by atoms with van der Waals surface area (Å²) in [6.45, 7) is 2.84. The van der Waals surface area contributed by atoms with E-state index in [1.807, 2.05) is 42.5 Å². The van der Waals surface area contributed by atoms with E-state index < -0.39 is 0 Å². The van der Waals surface area contributed by atoms with Crippen LogP contribution in [0.1, 0.15) is 28.8 Å². The highest BCUT2D eigenvalue weighted by Crippen LogP contribution is 2.16. The number of aromatic nitrogens is 2. The normalized spacial score (nSPS) is 16.2. The topological polar surface area (TPSA) is 47.0 Å². The molecule has 144 valence electrons. The van der Waals surface area contributed by atoms with Crippen molar-refractivity contribution < 1.29 is 4.74 Å². The molecular formula is C24H27N3O. The van der Waals surface area contributed by atoms with Crippen LogP contribution in [0.5, 0.6) is 5.88 Å². The van der Waals surface area contributed by atoms with Crippen molar-refractivity contribution in [2.75, 3.05) is 13.1 Å². The van der Waals surface area contributed by atoms with Crippen LogP contribution in [0, 0.1) is 5.92 Å². The van der Waals surface area contributed by atoms with Gasteiger partial charge in [0.05, 0.1) is 5.69 Å². The van der Waals surface area contributed by atoms with E-state index in [4.69, 9.17) is 4.74 Å². The Bertz CT molecular complexity index is 841. The second kappa shape index (κ2) is 9.47. The fourth-order valence-corrected chi connectivity index (χ4v) is 3.63. The third kappa shape index (κ3) is 5.40. The van der Waals surface area contributed by atoms with Crippen molar-refractivity contribution in [3.05, 3.63) is 89.1 Å². The van der Waals surface area contributed by atoms with Gasteiger partial charge in [-0.05, 0) is 67.4 Å². The minimum Gasteiger partial charge on any atom is -0.472 e. The molecule has 1 fully saturated rings. The number of nitrogens with zero attached hydrogens (tertiary/aromatic N) is 2. The zero-order chi connectivity index (χ0) is 19.0. The molecule has 4 nitrogen and oxygen atoms in total. The Morgan fingerprint density at radius 1 is 0.821 bits per heavy atom. The molecule has 1 N–H and O–H groups in total. The average Bonchev–Trinajstić information content (AvgIpc) is 3.26. The summed E-state index contributed by atoms with van der Waals surface area (Å²) >= 11 is 0. The molecule has 0 spiro atoms. The van der Waals surface area contributed by atoms with E-state index >= 15 is 0 Å². The molecule has 1 aromatic heterocycles. The van der Waals surface area contributed by atoms with E-state index in [0.717, 1.165) is 36.6 Å². The Balaban J connectivity index is 1.24. The Kier molecular flexibility index (Phi) is 6.30. The lowest BCUT2D eigenvalue weighted by molar-refractivity contribution is 0.290. The van der Waals surface area contributed by atoms with Crippen LogP contribution < -0.4 is 10.1 Å². The predicted molar refractivity (Wildman–Crippen MR) is 111 cm³/mol. The predicted octanol–water partition coefficient (Wildman–Crippen LogP) is 3.99. The smallest absolute Gasteiger partial charge is 0.233 e. The van der Waals surface area contributed by atoms with Gasteiger partial charge < -0.3 is 10.1 Å². The van der Waals surface area contributed by atoms with Gasteiger partial charge in [-0.15, -0.1) is 5.10 Å². The van der Waals surface area contributed by atoms with E-state index in [2.05, 4.69) is 39.8 Å². The summed E-state index contributed by atoms with van der Waals surface area (Å²) < 4.78 is 5.70. The summed E-state index contributed by atoms with van der Waals surface area (Å²) in [6.07, 6.45) is 4.34. The first-order chi connectivity index (χ1) is 13.8. The molecule has 2 heterocycles. The molecule has 0 amide bonds. The van der Waals surface area contributed by atoms with Gasteiger partial charge in [-0.2, -0.15) is 5.10 Å². The van der Waals surface area contributed by atoms with Gasteiger partial charge in [0.15, 0.2) is 0 Å². The highest BCUT2D eigenvalue weighted by Gasteiger charge is 2.14. The maximum atomic E-state index is 5.70. The van der Waals surface area contributed by atoms with Gasteiger partial charge in [0, 0.05) is 6.07 Å². The summed E-state index contributed by atoms with van der Waals surface area (Å²) in [5, 5.41) is 12.0. The first kappa shape index (κ1) is 18.6. The highest BCUT2D eigenvalue weighted by molar-refractivity contribution is 5.24. The largest absolute Gasteiger partial charge is 0.472 e. The zero-order valence-electron chi connectivity index (χ0n) is 16.2. The minimum absolute atomic E-state index is 0.512. The third-order valence-electron chi connectivity index (χ3n) is 5.30. The molecule has 1 saturated heterocycles. The van der Waals surface area contributed by atoms with Crippen LogP contribution in [0.15, 0.2) is 66.7 Å². The molecular weight excluding hydrogens is 346 g/mol. The lowest BCUT2D eigenvalue weighted by Crippen LogP contribution is -2.10. The fraction of sp³-hybridized carbons (Fsp3) is 0.333. The van der Waals surface area contributed by atoms with Crippen molar-refractivity contribution in [1.29, 1.82) is 0 Å². The van der Waals surface area contributed by atoms with Crippen LogP contribution in [0.25, 0.3) is 0 Å². The Morgan fingerprint density at radius 2 is 1.64 bits per heavy atom. The fourth-order valence-electron chi connectivity index (χ4n) is 3.63. The SMILES string of the molecule is c1ccc(COc2ccc(CCc3ccc(CC4CCNC4)cc3)nn2)cc1. The molecule has 4 heteroatoms. The number of aryl methyl sites for hydroxylation is 2. The van der Waals surface area contributed by atoms with Gasteiger partial charge in [0.25, 0.3) is 0 Å². The molecule has 1 aliphatic rings. The number of rotatable bonds is 8. The van der Waals surface area contributed by atoms with E-state index in [-0.39, 0.29) is 0 Å². The van der Waals surface area contributed by atoms with Crippen LogP contribution in [-0.2, 0) is 25.9 Å². The standard InChI is InChI=1S/C24H27N3O/c1-2-4-21(5-3-1)18-28-24-13-12-23(26-27-24)11-10-19-6-8-20(9-7-19)16-22-14-15-25-17-22/h1-9,12-13,22,25H,10-11,14-18H2. The van der Waals surface area contributed by atoms with E-state index in [0.29, 0.717) is 12.5 Å². The maximum Gasteiger partial charge on any atom is 0.233 e. The second-order valence-corrected chi connectivity index (χ2v) is 7.52. The minimum atomic E-state index is 0.512. The van der Waals surface area contributed by atoms with Crippen molar-refractivity contribution in [1.82, 2.24) is 15.5 Å². The Hall–Kier alpha value is -2.72. The third-order valence-corrected chi connectivity index (χ3v) is 5.30. The summed E-state index contributed by atoms with van der Waals surface area (Å²) in [7, 11) is 0. The number of hydrogen-bond donors (Lipinski definition) is 1. The van der Waals surface area contributed by atoms with Crippen LogP contribution in [0.3, 0.4) is 0 Å². The lowest BCUT2D eigenvalue weighted by Gasteiger charge is -2.09. The van der Waals surface area contributed by atoms with Crippen LogP contribution >= 0.6 is 0 Å². The van der Waals surface area contributed by atoms with Crippen molar-refractivity contribution >= 4 is 0 Å². The number of nitrogens with one attached hydrogen (secondary N) is 1.